The lowest BCUT2D eigenvalue weighted by atomic mass is 9.96. The van der Waals surface area contributed by atoms with E-state index < -0.39 is 37.5 Å². The van der Waals surface area contributed by atoms with Crippen LogP contribution in [0.3, 0.4) is 0 Å². The summed E-state index contributed by atoms with van der Waals surface area (Å²) in [5.74, 6) is -0.745. The average molecular weight is 429 g/mol. The van der Waals surface area contributed by atoms with E-state index in [4.69, 9.17) is 18.6 Å². The van der Waals surface area contributed by atoms with E-state index in [2.05, 4.69) is 33.9 Å². The first-order valence-corrected chi connectivity index (χ1v) is 13.2. The van der Waals surface area contributed by atoms with Crippen LogP contribution in [-0.2, 0) is 28.2 Å². The van der Waals surface area contributed by atoms with Gasteiger partial charge in [0.1, 0.15) is 0 Å². The molecule has 1 rings (SSSR count). The SMILES string of the molecule is CC(C)(C)C(=O)O[C@H]1[C@H](OC(=O)C(C)(C)C)C=CO[C@@H]1CO[Si](C)(C)C(C)(C)C. The van der Waals surface area contributed by atoms with Gasteiger partial charge in [-0.3, -0.25) is 9.59 Å². The van der Waals surface area contributed by atoms with Gasteiger partial charge in [-0.2, -0.15) is 0 Å². The van der Waals surface area contributed by atoms with Crippen molar-refractivity contribution < 1.29 is 28.2 Å². The summed E-state index contributed by atoms with van der Waals surface area (Å²) in [6.07, 6.45) is 1.06. The quantitative estimate of drug-likeness (QED) is 0.461. The molecule has 0 bridgehead atoms. The van der Waals surface area contributed by atoms with Crippen LogP contribution < -0.4 is 0 Å². The molecule has 1 aliphatic heterocycles. The molecule has 0 spiro atoms. The van der Waals surface area contributed by atoms with Gasteiger partial charge in [0, 0.05) is 0 Å². The lowest BCUT2D eigenvalue weighted by Crippen LogP contribution is -2.52. The molecule has 1 aliphatic rings. The van der Waals surface area contributed by atoms with E-state index in [-0.39, 0.29) is 23.6 Å². The minimum Gasteiger partial charge on any atom is -0.492 e. The van der Waals surface area contributed by atoms with Gasteiger partial charge in [0.2, 0.25) is 0 Å². The van der Waals surface area contributed by atoms with E-state index >= 15 is 0 Å². The van der Waals surface area contributed by atoms with Crippen LogP contribution in [0.4, 0.5) is 0 Å². The molecule has 1 heterocycles. The summed E-state index contributed by atoms with van der Waals surface area (Å²) in [7, 11) is -2.03. The summed E-state index contributed by atoms with van der Waals surface area (Å²) in [6, 6.07) is 0. The highest BCUT2D eigenvalue weighted by Gasteiger charge is 2.44. The van der Waals surface area contributed by atoms with Crippen LogP contribution in [0.5, 0.6) is 0 Å². The number of rotatable bonds is 5. The van der Waals surface area contributed by atoms with Crippen molar-refractivity contribution >= 4 is 20.3 Å². The van der Waals surface area contributed by atoms with Crippen LogP contribution in [-0.4, -0.2) is 45.2 Å². The van der Waals surface area contributed by atoms with E-state index in [0.717, 1.165) is 0 Å². The molecule has 168 valence electrons. The molecule has 0 aliphatic carbocycles. The number of carbonyl (C=O) groups excluding carboxylic acids is 2. The molecular formula is C22H40O6Si. The van der Waals surface area contributed by atoms with Crippen molar-refractivity contribution in [2.24, 2.45) is 10.8 Å². The summed E-state index contributed by atoms with van der Waals surface area (Å²) in [5, 5.41) is 0.0349. The number of hydrogen-bond donors (Lipinski definition) is 0. The first-order valence-electron chi connectivity index (χ1n) is 10.2. The summed E-state index contributed by atoms with van der Waals surface area (Å²) in [5.41, 5.74) is -1.36. The first-order chi connectivity index (χ1) is 12.9. The van der Waals surface area contributed by atoms with Crippen molar-refractivity contribution in [3.8, 4) is 0 Å². The Kier molecular flexibility index (Phi) is 7.80. The summed E-state index contributed by atoms with van der Waals surface area (Å²) in [6.45, 7) is 21.7. The fourth-order valence-electron chi connectivity index (χ4n) is 2.11. The topological polar surface area (TPSA) is 71.1 Å². The van der Waals surface area contributed by atoms with Crippen LogP contribution in [0, 0.1) is 10.8 Å². The molecule has 29 heavy (non-hydrogen) atoms. The minimum atomic E-state index is -2.03. The minimum absolute atomic E-state index is 0.0349. The van der Waals surface area contributed by atoms with Crippen LogP contribution >= 0.6 is 0 Å². The summed E-state index contributed by atoms with van der Waals surface area (Å²) in [4.78, 5) is 25.0. The number of carbonyl (C=O) groups is 2. The number of esters is 2. The van der Waals surface area contributed by atoms with Crippen molar-refractivity contribution in [2.75, 3.05) is 6.61 Å². The maximum absolute atomic E-state index is 12.6. The molecule has 3 atom stereocenters. The summed E-state index contributed by atoms with van der Waals surface area (Å²) < 4.78 is 23.5. The third-order valence-corrected chi connectivity index (χ3v) is 9.84. The van der Waals surface area contributed by atoms with E-state index in [1.807, 2.05) is 0 Å². The highest BCUT2D eigenvalue weighted by atomic mass is 28.4. The van der Waals surface area contributed by atoms with Crippen molar-refractivity contribution in [2.45, 2.75) is 98.8 Å². The zero-order chi connectivity index (χ0) is 22.8. The highest BCUT2D eigenvalue weighted by molar-refractivity contribution is 6.74. The molecule has 0 N–H and O–H groups in total. The number of hydrogen-bond acceptors (Lipinski definition) is 6. The Bertz CT molecular complexity index is 619. The molecule has 0 aromatic heterocycles. The van der Waals surface area contributed by atoms with Crippen molar-refractivity contribution in [3.63, 3.8) is 0 Å². The maximum Gasteiger partial charge on any atom is 0.311 e. The molecular weight excluding hydrogens is 388 g/mol. The third-order valence-electron chi connectivity index (χ3n) is 5.34. The predicted octanol–water partition coefficient (Wildman–Crippen LogP) is 4.84. The standard InChI is InChI=1S/C22H40O6Si/c1-20(2,3)18(23)27-15-12-13-25-16(14-26-29(10,11)22(7,8)9)17(15)28-19(24)21(4,5)6/h12-13,15-17H,14H2,1-11H3/t15-,16-,17+/m1/s1. The van der Waals surface area contributed by atoms with Gasteiger partial charge in [-0.15, -0.1) is 0 Å². The lowest BCUT2D eigenvalue weighted by molar-refractivity contribution is -0.187. The average Bonchev–Trinajstić information content (AvgIpc) is 2.52. The predicted molar refractivity (Wildman–Crippen MR) is 116 cm³/mol. The zero-order valence-electron chi connectivity index (χ0n) is 20.0. The Morgan fingerprint density at radius 1 is 0.897 bits per heavy atom. The van der Waals surface area contributed by atoms with E-state index in [1.165, 1.54) is 6.26 Å². The first kappa shape index (κ1) is 25.7. The summed E-state index contributed by atoms with van der Waals surface area (Å²) >= 11 is 0. The molecule has 0 saturated carbocycles. The molecule has 0 amide bonds. The largest absolute Gasteiger partial charge is 0.492 e. The molecule has 0 aromatic rings. The second-order valence-corrected chi connectivity index (χ2v) is 16.1. The van der Waals surface area contributed by atoms with Gasteiger partial charge in [-0.1, -0.05) is 20.8 Å². The fourth-order valence-corrected chi connectivity index (χ4v) is 3.13. The third kappa shape index (κ3) is 7.14. The molecule has 0 radical (unpaired) electrons. The van der Waals surface area contributed by atoms with Crippen LogP contribution in [0.15, 0.2) is 12.3 Å². The van der Waals surface area contributed by atoms with Crippen LogP contribution in [0.1, 0.15) is 62.3 Å². The van der Waals surface area contributed by atoms with E-state index in [0.29, 0.717) is 0 Å². The highest BCUT2D eigenvalue weighted by Crippen LogP contribution is 2.37. The van der Waals surface area contributed by atoms with Gasteiger partial charge >= 0.3 is 11.9 Å². The maximum atomic E-state index is 12.6. The van der Waals surface area contributed by atoms with E-state index in [1.54, 1.807) is 47.6 Å². The van der Waals surface area contributed by atoms with Crippen LogP contribution in [0.2, 0.25) is 18.1 Å². The lowest BCUT2D eigenvalue weighted by Gasteiger charge is -2.40. The molecule has 7 heteroatoms. The van der Waals surface area contributed by atoms with Gasteiger partial charge in [-0.25, -0.2) is 0 Å². The Balaban J connectivity index is 3.07. The van der Waals surface area contributed by atoms with Gasteiger partial charge < -0.3 is 18.6 Å². The Morgan fingerprint density at radius 2 is 1.38 bits per heavy atom. The molecule has 0 fully saturated rings. The molecule has 0 unspecified atom stereocenters. The smallest absolute Gasteiger partial charge is 0.311 e. The second-order valence-electron chi connectivity index (χ2n) is 11.3. The molecule has 0 saturated heterocycles. The van der Waals surface area contributed by atoms with Crippen molar-refractivity contribution in [3.05, 3.63) is 12.3 Å². The fraction of sp³-hybridized carbons (Fsp3) is 0.818. The van der Waals surface area contributed by atoms with Crippen molar-refractivity contribution in [1.82, 2.24) is 0 Å². The van der Waals surface area contributed by atoms with Crippen molar-refractivity contribution in [1.29, 1.82) is 0 Å². The monoisotopic (exact) mass is 428 g/mol. The van der Waals surface area contributed by atoms with Gasteiger partial charge in [0.25, 0.3) is 0 Å². The zero-order valence-corrected chi connectivity index (χ0v) is 21.0. The Morgan fingerprint density at radius 3 is 1.83 bits per heavy atom. The van der Waals surface area contributed by atoms with Gasteiger partial charge in [0.15, 0.2) is 26.6 Å². The van der Waals surface area contributed by atoms with Gasteiger partial charge in [0.05, 0.1) is 23.7 Å². The second kappa shape index (κ2) is 8.80. The Hall–Kier alpha value is -1.34. The molecule has 0 aromatic carbocycles. The van der Waals surface area contributed by atoms with Crippen LogP contribution in [0.25, 0.3) is 0 Å². The normalized spacial score (nSPS) is 23.3. The molecule has 6 nitrogen and oxygen atoms in total. The Labute approximate surface area is 177 Å². The van der Waals surface area contributed by atoms with E-state index in [9.17, 15) is 9.59 Å². The van der Waals surface area contributed by atoms with Gasteiger partial charge in [-0.05, 0) is 65.8 Å². The number of ether oxygens (including phenoxy) is 3.